The highest BCUT2D eigenvalue weighted by molar-refractivity contribution is 9.10. The lowest BCUT2D eigenvalue weighted by atomic mass is 10.2. The monoisotopic (exact) mass is 526 g/mol. The van der Waals surface area contributed by atoms with Gasteiger partial charge in [-0.25, -0.2) is 0 Å². The van der Waals surface area contributed by atoms with Crippen LogP contribution in [0.25, 0.3) is 0 Å². The van der Waals surface area contributed by atoms with Crippen LogP contribution in [0.1, 0.15) is 17.3 Å². The summed E-state index contributed by atoms with van der Waals surface area (Å²) in [6, 6.07) is 9.74. The number of ether oxygens (including phenoxy) is 1. The van der Waals surface area contributed by atoms with Gasteiger partial charge in [0, 0.05) is 27.9 Å². The third-order valence-electron chi connectivity index (χ3n) is 2.90. The number of carbonyl (C=O) groups is 2. The molecule has 1 unspecified atom stereocenters. The quantitative estimate of drug-likeness (QED) is 0.358. The van der Waals surface area contributed by atoms with Gasteiger partial charge in [-0.1, -0.05) is 50.7 Å². The van der Waals surface area contributed by atoms with Gasteiger partial charge in [0.05, 0.1) is 21.0 Å². The van der Waals surface area contributed by atoms with Crippen LogP contribution in [0.2, 0.25) is 15.1 Å². The smallest absolute Gasteiger partial charge is 0.307 e. The summed E-state index contributed by atoms with van der Waals surface area (Å²) in [4.78, 5) is 21.8. The summed E-state index contributed by atoms with van der Waals surface area (Å²) in [5.41, 5.74) is 5.77. The van der Waals surface area contributed by atoms with Gasteiger partial charge in [-0.3, -0.25) is 15.9 Å². The van der Waals surface area contributed by atoms with E-state index in [0.717, 1.165) is 16.2 Å². The Labute approximate surface area is 188 Å². The van der Waals surface area contributed by atoms with Crippen LogP contribution in [0, 0.1) is 0 Å². The van der Waals surface area contributed by atoms with E-state index in [1.54, 1.807) is 24.3 Å². The van der Waals surface area contributed by atoms with E-state index in [-0.39, 0.29) is 31.1 Å². The number of rotatable bonds is 4. The molecular weight excluding hydrogens is 515 g/mol. The number of hydrogen-bond acceptors (Lipinski definition) is 5. The van der Waals surface area contributed by atoms with Crippen molar-refractivity contribution in [2.75, 3.05) is 0 Å². The first-order chi connectivity index (χ1) is 13.0. The third-order valence-corrected chi connectivity index (χ3v) is 5.10. The third kappa shape index (κ3) is 8.28. The maximum Gasteiger partial charge on any atom is 0.307 e. The summed E-state index contributed by atoms with van der Waals surface area (Å²) in [7, 11) is 0. The first kappa shape index (κ1) is 24.6. The maximum absolute atomic E-state index is 11.3. The Balaban J connectivity index is 0.000000283. The predicted molar refractivity (Wildman–Crippen MR) is 114 cm³/mol. The minimum Gasteiger partial charge on any atom is -0.546 e. The molecule has 4 N–H and O–H groups in total. The van der Waals surface area contributed by atoms with Gasteiger partial charge in [0.2, 0.25) is 5.12 Å². The number of amidine groups is 1. The lowest BCUT2D eigenvalue weighted by Gasteiger charge is -2.16. The molecule has 6 nitrogen and oxygen atoms in total. The normalized spacial score (nSPS) is 11.0. The number of carboxylic acid groups (broad SMARTS) is 1. The van der Waals surface area contributed by atoms with Gasteiger partial charge in [0.15, 0.2) is 0 Å². The Kier molecular flexibility index (Phi) is 10.1. The molecule has 0 saturated carbocycles. The minimum absolute atomic E-state index is 0.0629. The van der Waals surface area contributed by atoms with E-state index >= 15 is 0 Å². The number of aliphatic carboxylic acids is 1. The molecule has 0 aliphatic carbocycles. The van der Waals surface area contributed by atoms with Crippen molar-refractivity contribution in [1.29, 1.82) is 0 Å². The van der Waals surface area contributed by atoms with E-state index in [0.29, 0.717) is 5.56 Å². The molecule has 2 aromatic carbocycles. The molecule has 0 aromatic heterocycles. The van der Waals surface area contributed by atoms with Crippen molar-refractivity contribution in [1.82, 2.24) is 0 Å². The van der Waals surface area contributed by atoms with Crippen LogP contribution >= 0.6 is 62.5 Å². The largest absolute Gasteiger partial charge is 0.546 e. The zero-order valence-electron chi connectivity index (χ0n) is 14.2. The molecule has 0 aliphatic heterocycles. The van der Waals surface area contributed by atoms with Gasteiger partial charge < -0.3 is 14.6 Å². The number of nitrogens with two attached hydrogens (primary N) is 2. The molecule has 0 saturated heterocycles. The van der Waals surface area contributed by atoms with Gasteiger partial charge in [0.1, 0.15) is 11.9 Å². The van der Waals surface area contributed by atoms with Crippen molar-refractivity contribution in [3.63, 3.8) is 0 Å². The number of carbonyl (C=O) groups excluding carboxylic acids is 2. The summed E-state index contributed by atoms with van der Waals surface area (Å²) < 4.78 is 5.93. The molecule has 28 heavy (non-hydrogen) atoms. The van der Waals surface area contributed by atoms with Crippen molar-refractivity contribution >= 4 is 78.7 Å². The molecule has 0 heterocycles. The molecule has 0 bridgehead atoms. The summed E-state index contributed by atoms with van der Waals surface area (Å²) >= 11 is 21.3. The molecule has 150 valence electrons. The fourth-order valence-corrected chi connectivity index (χ4v) is 2.90. The second-order valence-electron chi connectivity index (χ2n) is 5.07. The van der Waals surface area contributed by atoms with E-state index < -0.39 is 12.1 Å². The topological polar surface area (TPSA) is 118 Å². The molecule has 2 rings (SSSR count). The Morgan fingerprint density at radius 3 is 2.18 bits per heavy atom. The second kappa shape index (κ2) is 11.5. The maximum atomic E-state index is 11.3. The molecule has 2 aromatic rings. The van der Waals surface area contributed by atoms with Crippen LogP contribution < -0.4 is 21.0 Å². The number of halogens is 4. The van der Waals surface area contributed by atoms with E-state index in [4.69, 9.17) is 50.7 Å². The number of benzene rings is 2. The van der Waals surface area contributed by atoms with Crippen molar-refractivity contribution in [3.05, 3.63) is 61.5 Å². The highest BCUT2D eigenvalue weighted by Gasteiger charge is 2.11. The molecule has 11 heteroatoms. The molecule has 1 atom stereocenters. The molecule has 0 spiro atoms. The van der Waals surface area contributed by atoms with Crippen molar-refractivity contribution < 1.29 is 24.8 Å². The highest BCUT2D eigenvalue weighted by Crippen LogP contribution is 2.34. The van der Waals surface area contributed by atoms with Crippen molar-refractivity contribution in [2.45, 2.75) is 13.0 Å². The second-order valence-corrected chi connectivity index (χ2v) is 8.26. The minimum atomic E-state index is -1.34. The first-order valence-electron chi connectivity index (χ1n) is 7.39. The summed E-state index contributed by atoms with van der Waals surface area (Å²) in [5.74, 6) is -1.18. The summed E-state index contributed by atoms with van der Waals surface area (Å²) in [6.45, 7) is 1.33. The van der Waals surface area contributed by atoms with Gasteiger partial charge in [0.25, 0.3) is 0 Å². The first-order valence-corrected chi connectivity index (χ1v) is 10.1. The van der Waals surface area contributed by atoms with E-state index in [2.05, 4.69) is 15.9 Å². The average Bonchev–Trinajstić information content (AvgIpc) is 2.60. The van der Waals surface area contributed by atoms with Crippen LogP contribution in [0.4, 0.5) is 0 Å². The number of hydrogen-bond donors (Lipinski definition) is 2. The van der Waals surface area contributed by atoms with Gasteiger partial charge in [-0.15, -0.1) is 0 Å². The predicted octanol–water partition coefficient (Wildman–Crippen LogP) is 2.56. The molecular formula is C17H14BrCl3N2O4S. The lowest BCUT2D eigenvalue weighted by Crippen LogP contribution is -2.43. The van der Waals surface area contributed by atoms with Gasteiger partial charge in [-0.2, -0.15) is 0 Å². The molecule has 0 fully saturated rings. The van der Waals surface area contributed by atoms with Crippen LogP contribution in [-0.4, -0.2) is 22.4 Å². The Morgan fingerprint density at radius 2 is 1.68 bits per heavy atom. The fourth-order valence-electron chi connectivity index (χ4n) is 1.59. The Morgan fingerprint density at radius 1 is 1.14 bits per heavy atom. The van der Waals surface area contributed by atoms with Gasteiger partial charge >= 0.3 is 5.17 Å². The Hall–Kier alpha value is -1.45. The summed E-state index contributed by atoms with van der Waals surface area (Å²) in [5, 5.41) is 16.2. The Bertz CT molecular complexity index is 881. The number of carboxylic acids is 1. The average molecular weight is 529 g/mol. The standard InChI is InChI=1S/C9H7Cl3O3.C8H7BrN2OS/c1-4(9(13)14)15-8-3-6(11)5(10)2-7(8)12;9-6-3-1-5(2-4-6)7(12)13-8(10)11/h2-4H,1H3,(H,13,14);1-4H,(H3,10,11). The highest BCUT2D eigenvalue weighted by atomic mass is 79.9. The van der Waals surface area contributed by atoms with Crippen molar-refractivity contribution in [2.24, 2.45) is 5.73 Å². The SMILES string of the molecule is CC(Oc1cc(Cl)c(Cl)cc1Cl)C(=O)[O-].NC(=[NH2+])SC(=O)c1ccc(Br)cc1. The molecule has 0 radical (unpaired) electrons. The van der Waals surface area contributed by atoms with Crippen LogP contribution in [0.15, 0.2) is 40.9 Å². The molecule has 0 aliphatic rings. The zero-order valence-corrected chi connectivity index (χ0v) is 18.9. The lowest BCUT2D eigenvalue weighted by molar-refractivity contribution is -0.312. The molecule has 0 amide bonds. The fraction of sp³-hybridized carbons (Fsp3) is 0.118. The van der Waals surface area contributed by atoms with Crippen LogP contribution in [0.5, 0.6) is 5.75 Å². The van der Waals surface area contributed by atoms with Gasteiger partial charge in [-0.05, 0) is 37.3 Å². The van der Waals surface area contributed by atoms with Crippen LogP contribution in [-0.2, 0) is 4.79 Å². The zero-order chi connectivity index (χ0) is 21.4. The van der Waals surface area contributed by atoms with Crippen molar-refractivity contribution in [3.8, 4) is 5.75 Å². The van der Waals surface area contributed by atoms with E-state index in [1.807, 2.05) is 0 Å². The summed E-state index contributed by atoms with van der Waals surface area (Å²) in [6.07, 6.45) is -1.11. The van der Waals surface area contributed by atoms with Crippen LogP contribution in [0.3, 0.4) is 0 Å². The number of thioether (sulfide) groups is 1. The van der Waals surface area contributed by atoms with E-state index in [9.17, 15) is 14.7 Å². The van der Waals surface area contributed by atoms with E-state index in [1.165, 1.54) is 19.1 Å².